The lowest BCUT2D eigenvalue weighted by molar-refractivity contribution is -0.132. The van der Waals surface area contributed by atoms with Crippen molar-refractivity contribution in [3.63, 3.8) is 0 Å². The average Bonchev–Trinajstić information content (AvgIpc) is 3.02. The second kappa shape index (κ2) is 7.83. The zero-order chi connectivity index (χ0) is 17.1. The van der Waals surface area contributed by atoms with Gasteiger partial charge in [0.15, 0.2) is 0 Å². The summed E-state index contributed by atoms with van der Waals surface area (Å²) in [5.41, 5.74) is 1.20. The van der Waals surface area contributed by atoms with Crippen molar-refractivity contribution in [2.75, 3.05) is 26.2 Å². The summed E-state index contributed by atoms with van der Waals surface area (Å²) in [7, 11) is 0. The third-order valence-corrected chi connectivity index (χ3v) is 6.13. The zero-order valence-electron chi connectivity index (χ0n) is 14.9. The van der Waals surface area contributed by atoms with E-state index in [1.54, 1.807) is 12.4 Å². The molecule has 4 rings (SSSR count). The Hall–Kier alpha value is -1.46. The largest absolute Gasteiger partial charge is 0.364 e. The molecule has 2 saturated heterocycles. The van der Waals surface area contributed by atoms with E-state index in [0.29, 0.717) is 12.5 Å². The molecular weight excluding hydrogens is 314 g/mol. The molecule has 5 nitrogen and oxygen atoms in total. The Kier molecular flexibility index (Phi) is 5.32. The third-order valence-electron chi connectivity index (χ3n) is 6.13. The van der Waals surface area contributed by atoms with Crippen LogP contribution in [-0.2, 0) is 16.0 Å². The van der Waals surface area contributed by atoms with Crippen molar-refractivity contribution < 1.29 is 9.53 Å². The van der Waals surface area contributed by atoms with Crippen LogP contribution in [0.25, 0.3) is 0 Å². The Balaban J connectivity index is 1.21. The molecule has 3 atom stereocenters. The number of nitrogens with one attached hydrogen (secondary N) is 1. The van der Waals surface area contributed by atoms with E-state index in [2.05, 4.69) is 15.2 Å². The van der Waals surface area contributed by atoms with Crippen LogP contribution in [0.3, 0.4) is 0 Å². The van der Waals surface area contributed by atoms with Crippen LogP contribution in [0.1, 0.15) is 37.7 Å². The van der Waals surface area contributed by atoms with Crippen molar-refractivity contribution in [2.24, 2.45) is 11.8 Å². The summed E-state index contributed by atoms with van der Waals surface area (Å²) in [4.78, 5) is 19.0. The van der Waals surface area contributed by atoms with Crippen molar-refractivity contribution in [2.45, 2.75) is 50.7 Å². The van der Waals surface area contributed by atoms with Gasteiger partial charge in [-0.15, -0.1) is 0 Å². The number of aromatic nitrogens is 1. The van der Waals surface area contributed by atoms with Gasteiger partial charge in [-0.3, -0.25) is 9.78 Å². The summed E-state index contributed by atoms with van der Waals surface area (Å²) >= 11 is 0. The van der Waals surface area contributed by atoms with Crippen LogP contribution in [0.5, 0.6) is 0 Å². The monoisotopic (exact) mass is 343 g/mol. The minimum absolute atomic E-state index is 0.0639. The maximum Gasteiger partial charge on any atom is 0.249 e. The number of piperidine rings is 1. The van der Waals surface area contributed by atoms with E-state index < -0.39 is 0 Å². The number of pyridine rings is 1. The molecule has 0 aromatic carbocycles. The van der Waals surface area contributed by atoms with Crippen LogP contribution in [0.2, 0.25) is 0 Å². The number of carbonyl (C=O) groups is 1. The lowest BCUT2D eigenvalue weighted by Gasteiger charge is -2.38. The molecule has 2 aliphatic heterocycles. The van der Waals surface area contributed by atoms with Gasteiger partial charge in [0.1, 0.15) is 6.10 Å². The molecule has 0 unspecified atom stereocenters. The molecule has 3 aliphatic rings. The van der Waals surface area contributed by atoms with Gasteiger partial charge >= 0.3 is 0 Å². The number of fused-ring (bicyclic) bond motifs is 1. The highest BCUT2D eigenvalue weighted by molar-refractivity contribution is 5.81. The molecule has 1 amide bonds. The lowest BCUT2D eigenvalue weighted by Crippen LogP contribution is -2.45. The molecule has 1 N–H and O–H groups in total. The second-order valence-electron chi connectivity index (χ2n) is 7.90. The smallest absolute Gasteiger partial charge is 0.249 e. The molecule has 1 aromatic heterocycles. The standard InChI is InChI=1S/C20H29N3O2/c24-20(22-10-6-15-4-8-21-9-5-15)18-12-17-7-11-23(14-19(17)25-18)13-16-2-1-3-16/h4-5,8-9,16-19H,1-3,6-7,10-14H2,(H,22,24)/t17-,18-,19+/m0/s1. The Bertz CT molecular complexity index is 576. The molecule has 0 bridgehead atoms. The van der Waals surface area contributed by atoms with Gasteiger partial charge in [0.2, 0.25) is 5.91 Å². The van der Waals surface area contributed by atoms with Crippen LogP contribution < -0.4 is 5.32 Å². The quantitative estimate of drug-likeness (QED) is 0.859. The number of hydrogen-bond donors (Lipinski definition) is 1. The Morgan fingerprint density at radius 2 is 2.12 bits per heavy atom. The third kappa shape index (κ3) is 4.21. The average molecular weight is 343 g/mol. The molecule has 0 spiro atoms. The number of carbonyl (C=O) groups excluding carboxylic acids is 1. The maximum atomic E-state index is 12.4. The number of likely N-dealkylation sites (tertiary alicyclic amines) is 1. The zero-order valence-corrected chi connectivity index (χ0v) is 14.9. The summed E-state index contributed by atoms with van der Waals surface area (Å²) in [6.07, 6.45) is 10.7. The van der Waals surface area contributed by atoms with Gasteiger partial charge < -0.3 is 15.0 Å². The van der Waals surface area contributed by atoms with E-state index >= 15 is 0 Å². The van der Waals surface area contributed by atoms with Gasteiger partial charge in [0.05, 0.1) is 6.10 Å². The van der Waals surface area contributed by atoms with E-state index in [0.717, 1.165) is 25.3 Å². The van der Waals surface area contributed by atoms with Gasteiger partial charge in [-0.1, -0.05) is 6.42 Å². The predicted octanol–water partition coefficient (Wildman–Crippen LogP) is 2.02. The normalized spacial score (nSPS) is 29.8. The fourth-order valence-corrected chi connectivity index (χ4v) is 4.36. The van der Waals surface area contributed by atoms with Crippen LogP contribution in [0.15, 0.2) is 24.5 Å². The number of rotatable bonds is 6. The highest BCUT2D eigenvalue weighted by Crippen LogP contribution is 2.35. The van der Waals surface area contributed by atoms with Crippen molar-refractivity contribution in [1.82, 2.24) is 15.2 Å². The SMILES string of the molecule is O=C(NCCc1ccncc1)[C@@H]1C[C@@H]2CCN(CC3CCC3)C[C@H]2O1. The minimum Gasteiger partial charge on any atom is -0.364 e. The van der Waals surface area contributed by atoms with Crippen LogP contribution in [0, 0.1) is 11.8 Å². The fraction of sp³-hybridized carbons (Fsp3) is 0.700. The molecular formula is C20H29N3O2. The highest BCUT2D eigenvalue weighted by atomic mass is 16.5. The van der Waals surface area contributed by atoms with Gasteiger partial charge in [0, 0.05) is 32.0 Å². The summed E-state index contributed by atoms with van der Waals surface area (Å²) in [6, 6.07) is 3.98. The highest BCUT2D eigenvalue weighted by Gasteiger charge is 2.42. The van der Waals surface area contributed by atoms with Gasteiger partial charge in [-0.25, -0.2) is 0 Å². The van der Waals surface area contributed by atoms with E-state index in [1.165, 1.54) is 44.3 Å². The molecule has 5 heteroatoms. The van der Waals surface area contributed by atoms with E-state index in [1.807, 2.05) is 12.1 Å². The van der Waals surface area contributed by atoms with Crippen molar-refractivity contribution in [3.05, 3.63) is 30.1 Å². The van der Waals surface area contributed by atoms with Crippen LogP contribution in [-0.4, -0.2) is 54.2 Å². The molecule has 3 fully saturated rings. The van der Waals surface area contributed by atoms with Crippen LogP contribution in [0.4, 0.5) is 0 Å². The first-order chi connectivity index (χ1) is 12.3. The number of ether oxygens (including phenoxy) is 1. The van der Waals surface area contributed by atoms with E-state index in [4.69, 9.17) is 4.74 Å². The molecule has 3 heterocycles. The molecule has 0 radical (unpaired) electrons. The van der Waals surface area contributed by atoms with Crippen molar-refractivity contribution >= 4 is 5.91 Å². The van der Waals surface area contributed by atoms with Crippen LogP contribution >= 0.6 is 0 Å². The number of amides is 1. The maximum absolute atomic E-state index is 12.4. The molecule has 1 aliphatic carbocycles. The predicted molar refractivity (Wildman–Crippen MR) is 96.1 cm³/mol. The van der Waals surface area contributed by atoms with E-state index in [9.17, 15) is 4.79 Å². The van der Waals surface area contributed by atoms with Gasteiger partial charge in [-0.05, 0) is 68.2 Å². The first kappa shape index (κ1) is 17.0. The minimum atomic E-state index is -0.254. The lowest BCUT2D eigenvalue weighted by atomic mass is 9.84. The summed E-state index contributed by atoms with van der Waals surface area (Å²) in [5.74, 6) is 1.54. The molecule has 1 saturated carbocycles. The second-order valence-corrected chi connectivity index (χ2v) is 7.90. The molecule has 136 valence electrons. The van der Waals surface area contributed by atoms with Gasteiger partial charge in [-0.2, -0.15) is 0 Å². The first-order valence-corrected chi connectivity index (χ1v) is 9.82. The summed E-state index contributed by atoms with van der Waals surface area (Å²) in [5, 5.41) is 3.05. The number of nitrogens with zero attached hydrogens (tertiary/aromatic N) is 2. The first-order valence-electron chi connectivity index (χ1n) is 9.82. The Morgan fingerprint density at radius 1 is 1.28 bits per heavy atom. The number of hydrogen-bond acceptors (Lipinski definition) is 4. The van der Waals surface area contributed by atoms with E-state index in [-0.39, 0.29) is 18.1 Å². The molecule has 1 aromatic rings. The summed E-state index contributed by atoms with van der Waals surface area (Å²) < 4.78 is 6.13. The van der Waals surface area contributed by atoms with Crippen molar-refractivity contribution in [1.29, 1.82) is 0 Å². The Morgan fingerprint density at radius 3 is 2.88 bits per heavy atom. The van der Waals surface area contributed by atoms with Gasteiger partial charge in [0.25, 0.3) is 0 Å². The topological polar surface area (TPSA) is 54.5 Å². The summed E-state index contributed by atoms with van der Waals surface area (Å²) in [6.45, 7) is 4.08. The Labute approximate surface area is 150 Å². The van der Waals surface area contributed by atoms with Crippen molar-refractivity contribution in [3.8, 4) is 0 Å². The fourth-order valence-electron chi connectivity index (χ4n) is 4.36. The molecule has 25 heavy (non-hydrogen) atoms.